The highest BCUT2D eigenvalue weighted by molar-refractivity contribution is 7.03. The van der Waals surface area contributed by atoms with Gasteiger partial charge in [0.15, 0.2) is 12.1 Å². The normalized spacial score (nSPS) is 10.0. The van der Waals surface area contributed by atoms with Crippen LogP contribution >= 0.6 is 11.5 Å². The number of imidazole rings is 1. The Hall–Kier alpha value is -1.23. The lowest BCUT2D eigenvalue weighted by atomic mass is 10.7. The van der Waals surface area contributed by atoms with Crippen molar-refractivity contribution in [2.75, 3.05) is 0 Å². The standard InChI is InChI=1S/C5H3N4S/c1-2-9(4-6-1)5-3-10-8-7-5/h1-3H. The van der Waals surface area contributed by atoms with E-state index in [1.165, 1.54) is 11.5 Å². The Morgan fingerprint density at radius 2 is 2.60 bits per heavy atom. The van der Waals surface area contributed by atoms with Gasteiger partial charge < -0.3 is 0 Å². The molecule has 0 aliphatic rings. The van der Waals surface area contributed by atoms with Gasteiger partial charge in [0.1, 0.15) is 0 Å². The van der Waals surface area contributed by atoms with E-state index in [1.54, 1.807) is 17.0 Å². The summed E-state index contributed by atoms with van der Waals surface area (Å²) in [6.07, 6.45) is 6.14. The van der Waals surface area contributed by atoms with E-state index >= 15 is 0 Å². The zero-order valence-corrected chi connectivity index (χ0v) is 5.75. The Morgan fingerprint density at radius 3 is 3.20 bits per heavy atom. The van der Waals surface area contributed by atoms with Crippen LogP contribution in [0.25, 0.3) is 5.82 Å². The molecule has 0 unspecified atom stereocenters. The maximum absolute atomic E-state index is 3.82. The molecule has 1 radical (unpaired) electrons. The van der Waals surface area contributed by atoms with Crippen LogP contribution in [-0.4, -0.2) is 19.1 Å². The SMILES string of the molecule is [c]1nccn1-c1csnn1. The molecule has 0 atom stereocenters. The predicted molar refractivity (Wildman–Crippen MR) is 35.9 cm³/mol. The van der Waals surface area contributed by atoms with Crippen LogP contribution in [0.1, 0.15) is 0 Å². The average Bonchev–Trinajstić information content (AvgIpc) is 2.59. The number of hydrogen-bond acceptors (Lipinski definition) is 4. The van der Waals surface area contributed by atoms with E-state index in [9.17, 15) is 0 Å². The Labute approximate surface area is 61.3 Å². The summed E-state index contributed by atoms with van der Waals surface area (Å²) in [4.78, 5) is 3.75. The average molecular weight is 151 g/mol. The fourth-order valence-electron chi connectivity index (χ4n) is 0.621. The second-order valence-electron chi connectivity index (χ2n) is 1.66. The first kappa shape index (κ1) is 5.55. The van der Waals surface area contributed by atoms with E-state index in [-0.39, 0.29) is 0 Å². The minimum atomic E-state index is 0.766. The Bertz CT molecular complexity index is 253. The lowest BCUT2D eigenvalue weighted by Crippen LogP contribution is -1.89. The summed E-state index contributed by atoms with van der Waals surface area (Å²) in [5.74, 6) is 0.766. The number of aromatic nitrogens is 4. The van der Waals surface area contributed by atoms with Crippen LogP contribution in [0, 0.1) is 6.33 Å². The van der Waals surface area contributed by atoms with E-state index in [1.807, 2.05) is 5.38 Å². The van der Waals surface area contributed by atoms with Gasteiger partial charge in [-0.2, -0.15) is 0 Å². The maximum Gasteiger partial charge on any atom is 0.182 e. The zero-order chi connectivity index (χ0) is 6.81. The molecule has 2 rings (SSSR count). The van der Waals surface area contributed by atoms with Gasteiger partial charge in [-0.3, -0.25) is 4.57 Å². The molecular formula is C5H3N4S. The minimum Gasteiger partial charge on any atom is -0.279 e. The molecule has 0 saturated carbocycles. The van der Waals surface area contributed by atoms with Crippen molar-refractivity contribution in [3.63, 3.8) is 0 Å². The Kier molecular flexibility index (Phi) is 1.21. The van der Waals surface area contributed by atoms with Crippen LogP contribution in [0.15, 0.2) is 17.8 Å². The molecule has 4 nitrogen and oxygen atoms in total. The van der Waals surface area contributed by atoms with Crippen molar-refractivity contribution in [3.05, 3.63) is 24.1 Å². The second kappa shape index (κ2) is 2.18. The van der Waals surface area contributed by atoms with Crippen LogP contribution in [0.3, 0.4) is 0 Å². The summed E-state index contributed by atoms with van der Waals surface area (Å²) in [6.45, 7) is 0. The third kappa shape index (κ3) is 0.801. The van der Waals surface area contributed by atoms with Gasteiger partial charge in [0.05, 0.1) is 5.38 Å². The van der Waals surface area contributed by atoms with Gasteiger partial charge in [0.25, 0.3) is 0 Å². The molecule has 49 valence electrons. The molecule has 0 fully saturated rings. The van der Waals surface area contributed by atoms with Crippen LogP contribution in [0.2, 0.25) is 0 Å². The van der Waals surface area contributed by atoms with E-state index in [0.29, 0.717) is 0 Å². The van der Waals surface area contributed by atoms with E-state index in [4.69, 9.17) is 0 Å². The van der Waals surface area contributed by atoms with Crippen molar-refractivity contribution in [1.29, 1.82) is 0 Å². The van der Waals surface area contributed by atoms with Crippen molar-refractivity contribution >= 4 is 11.5 Å². The maximum atomic E-state index is 3.82. The van der Waals surface area contributed by atoms with Crippen molar-refractivity contribution in [3.8, 4) is 5.82 Å². The smallest absolute Gasteiger partial charge is 0.182 e. The quantitative estimate of drug-likeness (QED) is 0.597. The van der Waals surface area contributed by atoms with Crippen molar-refractivity contribution in [2.24, 2.45) is 0 Å². The zero-order valence-electron chi connectivity index (χ0n) is 4.93. The molecule has 2 aromatic heterocycles. The summed E-state index contributed by atoms with van der Waals surface area (Å²) in [6, 6.07) is 0. The van der Waals surface area contributed by atoms with Crippen LogP contribution < -0.4 is 0 Å². The highest BCUT2D eigenvalue weighted by atomic mass is 32.1. The fourth-order valence-corrected chi connectivity index (χ4v) is 1.05. The van der Waals surface area contributed by atoms with E-state index in [2.05, 4.69) is 20.9 Å². The third-order valence-electron chi connectivity index (χ3n) is 1.05. The van der Waals surface area contributed by atoms with Gasteiger partial charge in [0, 0.05) is 12.4 Å². The first-order valence-corrected chi connectivity index (χ1v) is 3.49. The number of rotatable bonds is 1. The van der Waals surface area contributed by atoms with Crippen molar-refractivity contribution in [2.45, 2.75) is 0 Å². The molecule has 0 bridgehead atoms. The van der Waals surface area contributed by atoms with E-state index < -0.39 is 0 Å². The monoisotopic (exact) mass is 151 g/mol. The topological polar surface area (TPSA) is 43.6 Å². The molecule has 2 aromatic rings. The first-order chi connectivity index (χ1) is 4.97. The fraction of sp³-hybridized carbons (Fsp3) is 0. The van der Waals surface area contributed by atoms with Gasteiger partial charge in [-0.25, -0.2) is 4.98 Å². The highest BCUT2D eigenvalue weighted by Crippen LogP contribution is 2.02. The van der Waals surface area contributed by atoms with Crippen molar-refractivity contribution < 1.29 is 0 Å². The molecule has 0 aliphatic heterocycles. The predicted octanol–water partition coefficient (Wildman–Crippen LogP) is 0.524. The second-order valence-corrected chi connectivity index (χ2v) is 2.27. The molecule has 0 aromatic carbocycles. The van der Waals surface area contributed by atoms with Crippen LogP contribution in [0.5, 0.6) is 0 Å². The molecule has 2 heterocycles. The van der Waals surface area contributed by atoms with Gasteiger partial charge >= 0.3 is 0 Å². The molecule has 0 N–H and O–H groups in total. The third-order valence-corrected chi connectivity index (χ3v) is 1.54. The van der Waals surface area contributed by atoms with Gasteiger partial charge in [-0.1, -0.05) is 4.49 Å². The summed E-state index contributed by atoms with van der Waals surface area (Å²) >= 11 is 1.31. The largest absolute Gasteiger partial charge is 0.279 e. The summed E-state index contributed by atoms with van der Waals surface area (Å²) in [7, 11) is 0. The van der Waals surface area contributed by atoms with Crippen molar-refractivity contribution in [1.82, 2.24) is 19.1 Å². The molecule has 0 aliphatic carbocycles. The van der Waals surface area contributed by atoms with Gasteiger partial charge in [0.2, 0.25) is 0 Å². The molecule has 5 heteroatoms. The summed E-state index contributed by atoms with van der Waals surface area (Å²) < 4.78 is 5.39. The molecule has 0 amide bonds. The molecular weight excluding hydrogens is 148 g/mol. The minimum absolute atomic E-state index is 0.766. The first-order valence-electron chi connectivity index (χ1n) is 2.65. The van der Waals surface area contributed by atoms with Crippen LogP contribution in [0.4, 0.5) is 0 Å². The summed E-state index contributed by atoms with van der Waals surface area (Å²) in [5, 5.41) is 5.65. The van der Waals surface area contributed by atoms with Crippen LogP contribution in [-0.2, 0) is 0 Å². The molecule has 0 saturated heterocycles. The number of hydrogen-bond donors (Lipinski definition) is 0. The lowest BCUT2D eigenvalue weighted by molar-refractivity contribution is 0.957. The summed E-state index contributed by atoms with van der Waals surface area (Å²) in [5.41, 5.74) is 0. The number of nitrogens with zero attached hydrogens (tertiary/aromatic N) is 4. The van der Waals surface area contributed by atoms with Gasteiger partial charge in [-0.05, 0) is 11.5 Å². The van der Waals surface area contributed by atoms with Gasteiger partial charge in [-0.15, -0.1) is 5.10 Å². The molecule has 10 heavy (non-hydrogen) atoms. The highest BCUT2D eigenvalue weighted by Gasteiger charge is 1.96. The molecule has 0 spiro atoms. The van der Waals surface area contributed by atoms with E-state index in [0.717, 1.165) is 5.82 Å². The Morgan fingerprint density at radius 1 is 1.60 bits per heavy atom. The Balaban J connectivity index is 2.48. The lowest BCUT2D eigenvalue weighted by Gasteiger charge is -1.88.